The van der Waals surface area contributed by atoms with Gasteiger partial charge in [-0.25, -0.2) is 0 Å². The third kappa shape index (κ3) is 56.6. The average Bonchev–Trinajstić information content (AvgIpc) is 3.37. The van der Waals surface area contributed by atoms with Crippen LogP contribution in [-0.4, -0.2) is 37.2 Å². The second-order valence-corrected chi connectivity index (χ2v) is 18.8. The van der Waals surface area contributed by atoms with Gasteiger partial charge < -0.3 is 14.2 Å². The van der Waals surface area contributed by atoms with Crippen molar-refractivity contribution in [2.45, 2.75) is 258 Å². The molecule has 6 nitrogen and oxygen atoms in total. The van der Waals surface area contributed by atoms with Gasteiger partial charge in [0, 0.05) is 19.3 Å². The highest BCUT2D eigenvalue weighted by Gasteiger charge is 2.19. The van der Waals surface area contributed by atoms with Crippen molar-refractivity contribution in [1.29, 1.82) is 0 Å². The molecule has 0 fully saturated rings. The van der Waals surface area contributed by atoms with Gasteiger partial charge in [-0.1, -0.05) is 226 Å². The molecule has 0 aromatic rings. The number of carbonyl (C=O) groups excluding carboxylic acids is 3. The first-order valence-corrected chi connectivity index (χ1v) is 29.0. The molecule has 6 heteroatoms. The van der Waals surface area contributed by atoms with Gasteiger partial charge in [0.15, 0.2) is 6.10 Å². The minimum Gasteiger partial charge on any atom is -0.462 e. The first-order valence-electron chi connectivity index (χ1n) is 29.0. The van der Waals surface area contributed by atoms with Crippen LogP contribution in [0, 0.1) is 0 Å². The zero-order valence-corrected chi connectivity index (χ0v) is 45.9. The van der Waals surface area contributed by atoms with Crippen molar-refractivity contribution in [2.75, 3.05) is 13.2 Å². The van der Waals surface area contributed by atoms with E-state index in [-0.39, 0.29) is 31.1 Å². The Morgan fingerprint density at radius 3 is 0.887 bits per heavy atom. The van der Waals surface area contributed by atoms with Crippen LogP contribution in [0.25, 0.3) is 0 Å². The molecular formula is C65H106O6. The minimum absolute atomic E-state index is 0.0996. The van der Waals surface area contributed by atoms with E-state index in [2.05, 4.69) is 142 Å². The number of carbonyl (C=O) groups is 3. The number of hydrogen-bond acceptors (Lipinski definition) is 6. The topological polar surface area (TPSA) is 78.9 Å². The predicted octanol–water partition coefficient (Wildman–Crippen LogP) is 19.6. The lowest BCUT2D eigenvalue weighted by Gasteiger charge is -2.18. The number of ether oxygens (including phenoxy) is 3. The van der Waals surface area contributed by atoms with Crippen molar-refractivity contribution in [3.63, 3.8) is 0 Å². The molecular weight excluding hydrogens is 877 g/mol. The second kappa shape index (κ2) is 58.4. The average molecular weight is 984 g/mol. The Bertz CT molecular complexity index is 1500. The van der Waals surface area contributed by atoms with E-state index in [1.54, 1.807) is 0 Å². The lowest BCUT2D eigenvalue weighted by Crippen LogP contribution is -2.30. The van der Waals surface area contributed by atoms with Crippen LogP contribution in [0.3, 0.4) is 0 Å². The maximum absolute atomic E-state index is 12.9. The van der Waals surface area contributed by atoms with E-state index in [0.717, 1.165) is 135 Å². The molecule has 0 aliphatic heterocycles. The Balaban J connectivity index is 4.50. The molecule has 0 aliphatic rings. The SMILES string of the molecule is CC/C=C\C/C=C\C/C=C\C/C=C\C/C=C\CCCCCC(=O)OCC(COC(=O)CCCCCCCCC/C=C\CCCCCC)OC(=O)CCCCCCCC/C=C\C/C=C\C/C=C\C/C=C\CC. The van der Waals surface area contributed by atoms with Gasteiger partial charge in [0.2, 0.25) is 0 Å². The molecule has 402 valence electrons. The molecule has 0 aliphatic carbocycles. The van der Waals surface area contributed by atoms with E-state index in [4.69, 9.17) is 14.2 Å². The Hall–Kier alpha value is -4.19. The van der Waals surface area contributed by atoms with E-state index < -0.39 is 6.10 Å². The monoisotopic (exact) mass is 983 g/mol. The molecule has 0 aromatic carbocycles. The van der Waals surface area contributed by atoms with E-state index >= 15 is 0 Å². The third-order valence-electron chi connectivity index (χ3n) is 11.9. The summed E-state index contributed by atoms with van der Waals surface area (Å²) in [6, 6.07) is 0. The summed E-state index contributed by atoms with van der Waals surface area (Å²) in [5.41, 5.74) is 0. The third-order valence-corrected chi connectivity index (χ3v) is 11.9. The van der Waals surface area contributed by atoms with E-state index in [1.807, 2.05) is 0 Å². The summed E-state index contributed by atoms with van der Waals surface area (Å²) in [6.45, 7) is 6.36. The highest BCUT2D eigenvalue weighted by atomic mass is 16.6. The largest absolute Gasteiger partial charge is 0.462 e. The Morgan fingerprint density at radius 2 is 0.549 bits per heavy atom. The number of hydrogen-bond donors (Lipinski definition) is 0. The molecule has 0 N–H and O–H groups in total. The molecule has 0 saturated heterocycles. The molecule has 0 amide bonds. The Labute approximate surface area is 437 Å². The summed E-state index contributed by atoms with van der Waals surface area (Å²) >= 11 is 0. The van der Waals surface area contributed by atoms with Gasteiger partial charge in [-0.05, 0) is 128 Å². The molecule has 0 aromatic heterocycles. The van der Waals surface area contributed by atoms with Gasteiger partial charge in [-0.15, -0.1) is 0 Å². The Kier molecular flexibility index (Phi) is 54.9. The van der Waals surface area contributed by atoms with E-state index in [9.17, 15) is 14.4 Å². The van der Waals surface area contributed by atoms with Crippen molar-refractivity contribution in [1.82, 2.24) is 0 Å². The van der Waals surface area contributed by atoms with Crippen LogP contribution in [0.2, 0.25) is 0 Å². The van der Waals surface area contributed by atoms with Crippen molar-refractivity contribution < 1.29 is 28.6 Å². The van der Waals surface area contributed by atoms with Crippen LogP contribution in [0.15, 0.2) is 122 Å². The van der Waals surface area contributed by atoms with Crippen LogP contribution < -0.4 is 0 Å². The van der Waals surface area contributed by atoms with E-state index in [0.29, 0.717) is 19.3 Å². The first-order chi connectivity index (χ1) is 35.0. The molecule has 0 saturated carbocycles. The van der Waals surface area contributed by atoms with Crippen molar-refractivity contribution in [2.24, 2.45) is 0 Å². The van der Waals surface area contributed by atoms with Gasteiger partial charge in [-0.3, -0.25) is 14.4 Å². The summed E-state index contributed by atoms with van der Waals surface area (Å²) in [6.07, 6.45) is 80.4. The highest BCUT2D eigenvalue weighted by molar-refractivity contribution is 5.71. The predicted molar refractivity (Wildman–Crippen MR) is 306 cm³/mol. The summed E-state index contributed by atoms with van der Waals surface area (Å²) in [4.78, 5) is 38.2. The van der Waals surface area contributed by atoms with Crippen LogP contribution >= 0.6 is 0 Å². The van der Waals surface area contributed by atoms with Crippen molar-refractivity contribution in [3.05, 3.63) is 122 Å². The van der Waals surface area contributed by atoms with Gasteiger partial charge in [-0.2, -0.15) is 0 Å². The molecule has 71 heavy (non-hydrogen) atoms. The number of allylic oxidation sites excluding steroid dienone is 20. The van der Waals surface area contributed by atoms with Crippen LogP contribution in [0.5, 0.6) is 0 Å². The number of unbranched alkanes of at least 4 members (excludes halogenated alkanes) is 20. The summed E-state index contributed by atoms with van der Waals surface area (Å²) in [5, 5.41) is 0. The Morgan fingerprint density at radius 1 is 0.296 bits per heavy atom. The summed E-state index contributed by atoms with van der Waals surface area (Å²) in [5.74, 6) is -0.952. The van der Waals surface area contributed by atoms with Crippen LogP contribution in [-0.2, 0) is 28.6 Å². The maximum Gasteiger partial charge on any atom is 0.306 e. The van der Waals surface area contributed by atoms with Crippen LogP contribution in [0.1, 0.15) is 252 Å². The molecule has 1 unspecified atom stereocenters. The lowest BCUT2D eigenvalue weighted by molar-refractivity contribution is -0.167. The maximum atomic E-state index is 12.9. The zero-order chi connectivity index (χ0) is 51.4. The fourth-order valence-electron chi connectivity index (χ4n) is 7.63. The van der Waals surface area contributed by atoms with Gasteiger partial charge in [0.05, 0.1) is 0 Å². The normalized spacial score (nSPS) is 13.0. The lowest BCUT2D eigenvalue weighted by atomic mass is 10.1. The van der Waals surface area contributed by atoms with Crippen molar-refractivity contribution >= 4 is 17.9 Å². The molecule has 1 atom stereocenters. The standard InChI is InChI=1S/C65H106O6/c1-4-7-10-13-16-19-22-25-28-30-32-34-37-40-43-46-49-52-55-58-64(67)70-61-62(60-69-63(66)57-54-51-48-45-42-39-36-27-24-21-18-15-12-9-6-3)71-65(68)59-56-53-50-47-44-41-38-35-33-31-29-26-23-20-17-14-11-8-5-2/h7-8,10-11,16-17,19-21,24-26,28-29,32-35,40,43,62H,4-6,9,12-15,18,22-23,27,30-31,36-39,41-42,44-61H2,1-3H3/b10-7-,11-8-,19-16-,20-17-,24-21-,28-25-,29-26-,34-32-,35-33-,43-40-. The molecule has 0 heterocycles. The van der Waals surface area contributed by atoms with Gasteiger partial charge >= 0.3 is 17.9 Å². The van der Waals surface area contributed by atoms with E-state index in [1.165, 1.54) is 77.0 Å². The summed E-state index contributed by atoms with van der Waals surface area (Å²) < 4.78 is 16.8. The zero-order valence-electron chi connectivity index (χ0n) is 45.9. The van der Waals surface area contributed by atoms with Crippen molar-refractivity contribution in [3.8, 4) is 0 Å². The fourth-order valence-corrected chi connectivity index (χ4v) is 7.63. The fraction of sp³-hybridized carbons (Fsp3) is 0.646. The van der Waals surface area contributed by atoms with Gasteiger partial charge in [0.1, 0.15) is 13.2 Å². The summed E-state index contributed by atoms with van der Waals surface area (Å²) in [7, 11) is 0. The molecule has 0 spiro atoms. The second-order valence-electron chi connectivity index (χ2n) is 18.8. The van der Waals surface area contributed by atoms with Crippen LogP contribution in [0.4, 0.5) is 0 Å². The smallest absolute Gasteiger partial charge is 0.306 e. The first kappa shape index (κ1) is 66.8. The number of rotatable bonds is 51. The molecule has 0 bridgehead atoms. The minimum atomic E-state index is -0.806. The number of esters is 3. The highest BCUT2D eigenvalue weighted by Crippen LogP contribution is 2.14. The molecule has 0 rings (SSSR count). The molecule has 0 radical (unpaired) electrons. The quantitative estimate of drug-likeness (QED) is 0.0261. The van der Waals surface area contributed by atoms with Gasteiger partial charge in [0.25, 0.3) is 0 Å².